The maximum Gasteiger partial charge on any atom is 0.401 e. The van der Waals surface area contributed by atoms with Crippen LogP contribution in [0.1, 0.15) is 55.0 Å². The van der Waals surface area contributed by atoms with Gasteiger partial charge in [0.2, 0.25) is 0 Å². The summed E-state index contributed by atoms with van der Waals surface area (Å²) in [6.07, 6.45) is -1.32. The number of aliphatic hydroxyl groups is 1. The lowest BCUT2D eigenvalue weighted by Crippen LogP contribution is -2.54. The number of nitrogens with zero attached hydrogens (tertiary/aromatic N) is 2. The number of rotatable bonds is 8. The summed E-state index contributed by atoms with van der Waals surface area (Å²) >= 11 is 0. The van der Waals surface area contributed by atoms with Crippen molar-refractivity contribution in [3.63, 3.8) is 0 Å². The van der Waals surface area contributed by atoms with Crippen LogP contribution in [0.4, 0.5) is 18.9 Å². The standard InChI is InChI=1S/C26H34F3N3O/c1-3-4-11-31-14-23(15-31)30-22-8-6-20(7-9-22)25-24-10-5-19(16-33)13-21(24)12-18(2)32(25)17-26(27,28)29/h5-10,13,18,23,25,30,33H,3-4,11-12,14-17H2,1-2H3/t18-,25?/m0/s1. The number of hydrogen-bond donors (Lipinski definition) is 2. The molecule has 0 aromatic heterocycles. The number of nitrogens with one attached hydrogen (secondary N) is 1. The van der Waals surface area contributed by atoms with E-state index in [1.165, 1.54) is 12.8 Å². The molecule has 0 amide bonds. The van der Waals surface area contributed by atoms with Crippen molar-refractivity contribution in [1.29, 1.82) is 0 Å². The molecule has 2 aliphatic heterocycles. The van der Waals surface area contributed by atoms with Crippen molar-refractivity contribution in [1.82, 2.24) is 9.80 Å². The molecular formula is C26H34F3N3O. The quantitative estimate of drug-likeness (QED) is 0.582. The number of alkyl halides is 3. The average Bonchev–Trinajstić information content (AvgIpc) is 2.75. The second-order valence-corrected chi connectivity index (χ2v) is 9.51. The zero-order valence-corrected chi connectivity index (χ0v) is 19.4. The first-order chi connectivity index (χ1) is 15.8. The van der Waals surface area contributed by atoms with Crippen molar-refractivity contribution in [3.8, 4) is 0 Å². The van der Waals surface area contributed by atoms with E-state index in [-0.39, 0.29) is 12.6 Å². The van der Waals surface area contributed by atoms with Crippen LogP contribution in [0.15, 0.2) is 42.5 Å². The first-order valence-electron chi connectivity index (χ1n) is 11.9. The number of anilines is 1. The Morgan fingerprint density at radius 3 is 2.45 bits per heavy atom. The maximum absolute atomic E-state index is 13.5. The van der Waals surface area contributed by atoms with Crippen LogP contribution in [0.3, 0.4) is 0 Å². The van der Waals surface area contributed by atoms with E-state index in [1.807, 2.05) is 49.4 Å². The van der Waals surface area contributed by atoms with Gasteiger partial charge in [0.05, 0.1) is 25.2 Å². The molecule has 33 heavy (non-hydrogen) atoms. The third-order valence-electron chi connectivity index (χ3n) is 6.84. The van der Waals surface area contributed by atoms with E-state index >= 15 is 0 Å². The number of likely N-dealkylation sites (tertiary alicyclic amines) is 1. The smallest absolute Gasteiger partial charge is 0.392 e. The Kier molecular flexibility index (Phi) is 7.31. The van der Waals surface area contributed by atoms with Gasteiger partial charge in [0.25, 0.3) is 0 Å². The van der Waals surface area contributed by atoms with Gasteiger partial charge in [-0.25, -0.2) is 0 Å². The molecule has 1 saturated heterocycles. The van der Waals surface area contributed by atoms with Gasteiger partial charge in [-0.05, 0) is 60.7 Å². The molecule has 180 valence electrons. The fourth-order valence-electron chi connectivity index (χ4n) is 5.12. The highest BCUT2D eigenvalue weighted by Crippen LogP contribution is 2.40. The van der Waals surface area contributed by atoms with Crippen molar-refractivity contribution in [2.75, 3.05) is 31.5 Å². The van der Waals surface area contributed by atoms with Crippen LogP contribution >= 0.6 is 0 Å². The lowest BCUT2D eigenvalue weighted by atomic mass is 9.84. The normalized spacial score (nSPS) is 22.1. The zero-order chi connectivity index (χ0) is 23.6. The summed E-state index contributed by atoms with van der Waals surface area (Å²) in [4.78, 5) is 3.99. The Labute approximate surface area is 194 Å². The van der Waals surface area contributed by atoms with Crippen molar-refractivity contribution in [3.05, 3.63) is 64.7 Å². The van der Waals surface area contributed by atoms with E-state index in [2.05, 4.69) is 17.1 Å². The zero-order valence-electron chi connectivity index (χ0n) is 19.4. The molecule has 7 heteroatoms. The second-order valence-electron chi connectivity index (χ2n) is 9.51. The monoisotopic (exact) mass is 461 g/mol. The molecule has 0 radical (unpaired) electrons. The first-order valence-corrected chi connectivity index (χ1v) is 11.9. The van der Waals surface area contributed by atoms with Gasteiger partial charge in [-0.2, -0.15) is 13.2 Å². The van der Waals surface area contributed by atoms with E-state index in [4.69, 9.17) is 0 Å². The van der Waals surface area contributed by atoms with Crippen LogP contribution in [0.5, 0.6) is 0 Å². The lowest BCUT2D eigenvalue weighted by molar-refractivity contribution is -0.155. The summed E-state index contributed by atoms with van der Waals surface area (Å²) in [6.45, 7) is 6.23. The highest BCUT2D eigenvalue weighted by molar-refractivity contribution is 5.49. The molecule has 2 heterocycles. The predicted molar refractivity (Wildman–Crippen MR) is 125 cm³/mol. The summed E-state index contributed by atoms with van der Waals surface area (Å²) in [5.41, 5.74) is 4.55. The summed E-state index contributed by atoms with van der Waals surface area (Å²) in [5.74, 6) is 0. The summed E-state index contributed by atoms with van der Waals surface area (Å²) in [6, 6.07) is 13.2. The Hall–Kier alpha value is -2.09. The predicted octanol–water partition coefficient (Wildman–Crippen LogP) is 4.97. The van der Waals surface area contributed by atoms with Crippen LogP contribution in [-0.2, 0) is 13.0 Å². The minimum Gasteiger partial charge on any atom is -0.392 e. The Morgan fingerprint density at radius 1 is 1.09 bits per heavy atom. The average molecular weight is 462 g/mol. The number of fused-ring (bicyclic) bond motifs is 1. The second kappa shape index (κ2) is 10.0. The SMILES string of the molecule is CCCCN1CC(Nc2ccc(C3c4ccc(CO)cc4C[C@H](C)N3CC(F)(F)F)cc2)C1. The van der Waals surface area contributed by atoms with Gasteiger partial charge in [-0.3, -0.25) is 9.80 Å². The Morgan fingerprint density at radius 2 is 1.82 bits per heavy atom. The molecule has 1 fully saturated rings. The van der Waals surface area contributed by atoms with Crippen molar-refractivity contribution in [2.24, 2.45) is 0 Å². The summed E-state index contributed by atoms with van der Waals surface area (Å²) < 4.78 is 40.4. The van der Waals surface area contributed by atoms with Gasteiger partial charge in [0.15, 0.2) is 0 Å². The van der Waals surface area contributed by atoms with Crippen LogP contribution in [-0.4, -0.2) is 59.3 Å². The highest BCUT2D eigenvalue weighted by atomic mass is 19.4. The van der Waals surface area contributed by atoms with E-state index in [0.717, 1.165) is 47.6 Å². The van der Waals surface area contributed by atoms with Gasteiger partial charge in [0, 0.05) is 24.8 Å². The van der Waals surface area contributed by atoms with Crippen LogP contribution in [0.25, 0.3) is 0 Å². The van der Waals surface area contributed by atoms with Crippen molar-refractivity contribution >= 4 is 5.69 Å². The van der Waals surface area contributed by atoms with Gasteiger partial charge >= 0.3 is 6.18 Å². The molecule has 0 spiro atoms. The van der Waals surface area contributed by atoms with Gasteiger partial charge in [-0.1, -0.05) is 43.7 Å². The third-order valence-corrected chi connectivity index (χ3v) is 6.84. The molecule has 2 N–H and O–H groups in total. The fraction of sp³-hybridized carbons (Fsp3) is 0.538. The largest absolute Gasteiger partial charge is 0.401 e. The molecule has 2 aromatic carbocycles. The first kappa shape index (κ1) is 24.0. The van der Waals surface area contributed by atoms with Crippen LogP contribution in [0, 0.1) is 0 Å². The molecule has 0 saturated carbocycles. The molecule has 2 aliphatic rings. The van der Waals surface area contributed by atoms with Crippen LogP contribution in [0.2, 0.25) is 0 Å². The van der Waals surface area contributed by atoms with Gasteiger partial charge in [-0.15, -0.1) is 0 Å². The summed E-state index contributed by atoms with van der Waals surface area (Å²) in [5, 5.41) is 13.1. The maximum atomic E-state index is 13.5. The molecule has 4 rings (SSSR count). The molecule has 4 nitrogen and oxygen atoms in total. The molecular weight excluding hydrogens is 427 g/mol. The summed E-state index contributed by atoms with van der Waals surface area (Å²) in [7, 11) is 0. The van der Waals surface area contributed by atoms with E-state index in [0.29, 0.717) is 12.5 Å². The molecule has 0 aliphatic carbocycles. The minimum absolute atomic E-state index is 0.0734. The van der Waals surface area contributed by atoms with Gasteiger partial charge in [0.1, 0.15) is 0 Å². The van der Waals surface area contributed by atoms with Crippen LogP contribution < -0.4 is 5.32 Å². The number of halogens is 3. The van der Waals surface area contributed by atoms with E-state index in [9.17, 15) is 18.3 Å². The molecule has 0 bridgehead atoms. The number of benzene rings is 2. The van der Waals surface area contributed by atoms with E-state index < -0.39 is 18.8 Å². The lowest BCUT2D eigenvalue weighted by Gasteiger charge is -2.43. The Balaban J connectivity index is 1.54. The molecule has 2 aromatic rings. The fourth-order valence-corrected chi connectivity index (χ4v) is 5.12. The number of unbranched alkanes of at least 4 members (excludes halogenated alkanes) is 1. The third kappa shape index (κ3) is 5.70. The Bertz CT molecular complexity index is 925. The molecule has 1 unspecified atom stereocenters. The van der Waals surface area contributed by atoms with Crippen molar-refractivity contribution < 1.29 is 18.3 Å². The number of hydrogen-bond acceptors (Lipinski definition) is 4. The van der Waals surface area contributed by atoms with Gasteiger partial charge < -0.3 is 10.4 Å². The van der Waals surface area contributed by atoms with Crippen molar-refractivity contribution in [2.45, 2.75) is 64.0 Å². The molecule has 2 atom stereocenters. The number of aliphatic hydroxyl groups excluding tert-OH is 1. The topological polar surface area (TPSA) is 38.7 Å². The highest BCUT2D eigenvalue weighted by Gasteiger charge is 2.40. The minimum atomic E-state index is -4.27. The van der Waals surface area contributed by atoms with E-state index in [1.54, 1.807) is 4.90 Å².